The Hall–Kier alpha value is -2.04. The lowest BCUT2D eigenvalue weighted by Gasteiger charge is -2.09. The summed E-state index contributed by atoms with van der Waals surface area (Å²) < 4.78 is 10.2. The van der Waals surface area contributed by atoms with Gasteiger partial charge in [-0.2, -0.15) is 0 Å². The zero-order valence-electron chi connectivity index (χ0n) is 9.30. The topological polar surface area (TPSA) is 72.8 Å². The average molecular weight is 236 g/mol. The van der Waals surface area contributed by atoms with Crippen molar-refractivity contribution in [3.8, 4) is 11.5 Å². The van der Waals surface area contributed by atoms with Crippen LogP contribution in [0.3, 0.4) is 0 Å². The molecule has 0 bridgehead atoms. The van der Waals surface area contributed by atoms with E-state index in [1.54, 1.807) is 13.0 Å². The van der Waals surface area contributed by atoms with Crippen molar-refractivity contribution in [2.24, 2.45) is 0 Å². The standard InChI is InChI=1S/C12H12O5/c1-2-16-12(15)10-5-7-3-4-9(14)8(6-13)11(7)17-10/h3-4,6,10,14H,2,5H2,1H3. The fourth-order valence-electron chi connectivity index (χ4n) is 1.80. The van der Waals surface area contributed by atoms with Crippen LogP contribution in [0.5, 0.6) is 11.5 Å². The first kappa shape index (κ1) is 11.4. The first-order chi connectivity index (χ1) is 8.17. The van der Waals surface area contributed by atoms with Gasteiger partial charge in [-0.15, -0.1) is 0 Å². The van der Waals surface area contributed by atoms with Gasteiger partial charge in [0.25, 0.3) is 0 Å². The van der Waals surface area contributed by atoms with Crippen molar-refractivity contribution in [1.29, 1.82) is 0 Å². The fourth-order valence-corrected chi connectivity index (χ4v) is 1.80. The average Bonchev–Trinajstić information content (AvgIpc) is 2.73. The third-order valence-electron chi connectivity index (χ3n) is 2.59. The van der Waals surface area contributed by atoms with Crippen LogP contribution >= 0.6 is 0 Å². The maximum atomic E-state index is 11.5. The van der Waals surface area contributed by atoms with Crippen molar-refractivity contribution in [3.05, 3.63) is 23.3 Å². The van der Waals surface area contributed by atoms with E-state index in [9.17, 15) is 14.7 Å². The van der Waals surface area contributed by atoms with Gasteiger partial charge in [0.2, 0.25) is 0 Å². The lowest BCUT2D eigenvalue weighted by atomic mass is 10.1. The number of benzene rings is 1. The van der Waals surface area contributed by atoms with Gasteiger partial charge in [0.15, 0.2) is 12.4 Å². The molecule has 1 N–H and O–H groups in total. The highest BCUT2D eigenvalue weighted by Gasteiger charge is 2.32. The van der Waals surface area contributed by atoms with E-state index >= 15 is 0 Å². The number of carbonyl (C=O) groups excluding carboxylic acids is 2. The highest BCUT2D eigenvalue weighted by Crippen LogP contribution is 2.36. The number of aromatic hydroxyl groups is 1. The molecule has 0 saturated heterocycles. The summed E-state index contributed by atoms with van der Waals surface area (Å²) in [6.45, 7) is 1.99. The van der Waals surface area contributed by atoms with Crippen LogP contribution in [0.15, 0.2) is 12.1 Å². The molecule has 1 heterocycles. The predicted molar refractivity (Wildman–Crippen MR) is 58.2 cm³/mol. The van der Waals surface area contributed by atoms with Gasteiger partial charge in [0.1, 0.15) is 11.5 Å². The first-order valence-electron chi connectivity index (χ1n) is 5.30. The number of fused-ring (bicyclic) bond motifs is 1. The van der Waals surface area contributed by atoms with Crippen LogP contribution in [-0.4, -0.2) is 30.1 Å². The second-order valence-corrected chi connectivity index (χ2v) is 3.67. The van der Waals surface area contributed by atoms with Gasteiger partial charge >= 0.3 is 5.97 Å². The molecule has 90 valence electrons. The minimum Gasteiger partial charge on any atom is -0.507 e. The quantitative estimate of drug-likeness (QED) is 0.627. The molecule has 0 radical (unpaired) electrons. The van der Waals surface area contributed by atoms with Gasteiger partial charge in [0, 0.05) is 6.42 Å². The second-order valence-electron chi connectivity index (χ2n) is 3.67. The minimum absolute atomic E-state index is 0.0781. The van der Waals surface area contributed by atoms with Gasteiger partial charge in [-0.05, 0) is 18.6 Å². The Labute approximate surface area is 98.0 Å². The van der Waals surface area contributed by atoms with Crippen LogP contribution in [0.25, 0.3) is 0 Å². The molecule has 0 fully saturated rings. The maximum absolute atomic E-state index is 11.5. The molecule has 1 aromatic rings. The molecule has 0 aliphatic carbocycles. The smallest absolute Gasteiger partial charge is 0.347 e. The Kier molecular flexibility index (Phi) is 2.99. The molecule has 0 aromatic heterocycles. The van der Waals surface area contributed by atoms with Crippen LogP contribution in [0.1, 0.15) is 22.8 Å². The summed E-state index contributed by atoms with van der Waals surface area (Å²) in [5.41, 5.74) is 0.803. The van der Waals surface area contributed by atoms with E-state index in [1.807, 2.05) is 0 Å². The molecule has 5 heteroatoms. The monoisotopic (exact) mass is 236 g/mol. The molecule has 0 spiro atoms. The van der Waals surface area contributed by atoms with E-state index in [0.717, 1.165) is 5.56 Å². The molecule has 2 rings (SSSR count). The Morgan fingerprint density at radius 1 is 1.65 bits per heavy atom. The predicted octanol–water partition coefficient (Wildman–Crippen LogP) is 1.07. The van der Waals surface area contributed by atoms with E-state index in [-0.39, 0.29) is 23.7 Å². The van der Waals surface area contributed by atoms with E-state index in [2.05, 4.69) is 0 Å². The Bertz CT molecular complexity index is 466. The summed E-state index contributed by atoms with van der Waals surface area (Å²) in [5, 5.41) is 9.48. The lowest BCUT2D eigenvalue weighted by molar-refractivity contribution is -0.150. The summed E-state index contributed by atoms with van der Waals surface area (Å²) >= 11 is 0. The van der Waals surface area contributed by atoms with Gasteiger partial charge < -0.3 is 14.6 Å². The van der Waals surface area contributed by atoms with E-state index in [4.69, 9.17) is 9.47 Å². The van der Waals surface area contributed by atoms with Gasteiger partial charge in [0.05, 0.1) is 12.2 Å². The highest BCUT2D eigenvalue weighted by molar-refractivity contribution is 5.86. The zero-order chi connectivity index (χ0) is 12.4. The number of carbonyl (C=O) groups is 2. The third-order valence-corrected chi connectivity index (χ3v) is 2.59. The van der Waals surface area contributed by atoms with Gasteiger partial charge in [-0.25, -0.2) is 4.79 Å². The van der Waals surface area contributed by atoms with Crippen molar-refractivity contribution in [3.63, 3.8) is 0 Å². The van der Waals surface area contributed by atoms with Crippen molar-refractivity contribution in [2.75, 3.05) is 6.61 Å². The molecule has 17 heavy (non-hydrogen) atoms. The fraction of sp³-hybridized carbons (Fsp3) is 0.333. The molecule has 1 aliphatic heterocycles. The lowest BCUT2D eigenvalue weighted by Crippen LogP contribution is -2.27. The van der Waals surface area contributed by atoms with Crippen molar-refractivity contribution < 1.29 is 24.2 Å². The molecule has 1 aromatic carbocycles. The highest BCUT2D eigenvalue weighted by atomic mass is 16.6. The van der Waals surface area contributed by atoms with E-state index in [0.29, 0.717) is 12.7 Å². The minimum atomic E-state index is -0.731. The number of esters is 1. The first-order valence-corrected chi connectivity index (χ1v) is 5.30. The van der Waals surface area contributed by atoms with Crippen molar-refractivity contribution >= 4 is 12.3 Å². The van der Waals surface area contributed by atoms with Crippen LogP contribution in [0.2, 0.25) is 0 Å². The Morgan fingerprint density at radius 3 is 3.06 bits per heavy atom. The molecule has 1 unspecified atom stereocenters. The molecular weight excluding hydrogens is 224 g/mol. The summed E-state index contributed by atoms with van der Waals surface area (Å²) in [6, 6.07) is 3.05. The van der Waals surface area contributed by atoms with E-state index < -0.39 is 12.1 Å². The van der Waals surface area contributed by atoms with Crippen LogP contribution < -0.4 is 4.74 Å². The zero-order valence-corrected chi connectivity index (χ0v) is 9.30. The summed E-state index contributed by atoms with van der Waals surface area (Å²) in [6.07, 6.45) is 0.141. The number of ether oxygens (including phenoxy) is 2. The van der Waals surface area contributed by atoms with Crippen LogP contribution in [0.4, 0.5) is 0 Å². The number of phenols is 1. The summed E-state index contributed by atoms with van der Waals surface area (Å²) in [4.78, 5) is 22.3. The Balaban J connectivity index is 2.27. The number of phenolic OH excluding ortho intramolecular Hbond substituents is 1. The van der Waals surface area contributed by atoms with Gasteiger partial charge in [-0.3, -0.25) is 4.79 Å². The van der Waals surface area contributed by atoms with Crippen molar-refractivity contribution in [1.82, 2.24) is 0 Å². The number of aldehydes is 1. The number of hydrogen-bond acceptors (Lipinski definition) is 5. The van der Waals surface area contributed by atoms with E-state index in [1.165, 1.54) is 6.07 Å². The van der Waals surface area contributed by atoms with Crippen LogP contribution in [0, 0.1) is 0 Å². The van der Waals surface area contributed by atoms with Crippen LogP contribution in [-0.2, 0) is 16.0 Å². The molecule has 0 amide bonds. The largest absolute Gasteiger partial charge is 0.507 e. The number of hydrogen-bond donors (Lipinski definition) is 1. The maximum Gasteiger partial charge on any atom is 0.347 e. The third kappa shape index (κ3) is 1.95. The SMILES string of the molecule is CCOC(=O)C1Cc2ccc(O)c(C=O)c2O1. The molecule has 0 saturated carbocycles. The molecule has 1 aliphatic rings. The second kappa shape index (κ2) is 4.45. The number of rotatable bonds is 3. The summed E-state index contributed by atoms with van der Waals surface area (Å²) in [5.74, 6) is -0.332. The molecule has 5 nitrogen and oxygen atoms in total. The Morgan fingerprint density at radius 2 is 2.41 bits per heavy atom. The normalized spacial score (nSPS) is 17.1. The van der Waals surface area contributed by atoms with Crippen molar-refractivity contribution in [2.45, 2.75) is 19.4 Å². The summed E-state index contributed by atoms with van der Waals surface area (Å²) in [7, 11) is 0. The molecular formula is C12H12O5. The van der Waals surface area contributed by atoms with Gasteiger partial charge in [-0.1, -0.05) is 6.07 Å². The molecule has 1 atom stereocenters.